The molecular formula is C22H23ClNO2S+. The lowest BCUT2D eigenvalue weighted by Gasteiger charge is -2.29. The zero-order chi connectivity index (χ0) is 18.8. The van der Waals surface area contributed by atoms with Gasteiger partial charge in [0.05, 0.1) is 13.1 Å². The number of aliphatic carboxylic acids is 1. The van der Waals surface area contributed by atoms with Gasteiger partial charge in [-0.25, -0.2) is 0 Å². The van der Waals surface area contributed by atoms with Crippen LogP contribution in [0.25, 0.3) is 0 Å². The first kappa shape index (κ1) is 17.6. The summed E-state index contributed by atoms with van der Waals surface area (Å²) in [6.07, 6.45) is 1.74. The Morgan fingerprint density at radius 2 is 2.11 bits per heavy atom. The lowest BCUT2D eigenvalue weighted by molar-refractivity contribution is -0.846. The quantitative estimate of drug-likeness (QED) is 0.575. The number of carboxylic acid groups (broad SMARTS) is 1. The Bertz CT molecular complexity index is 948. The van der Waals surface area contributed by atoms with E-state index in [1.807, 2.05) is 17.8 Å². The highest BCUT2D eigenvalue weighted by Gasteiger charge is 2.84. The summed E-state index contributed by atoms with van der Waals surface area (Å²) in [4.78, 5) is 13.5. The molecule has 2 aromatic rings. The minimum atomic E-state index is -0.648. The van der Waals surface area contributed by atoms with E-state index in [2.05, 4.69) is 43.3 Å². The number of hydrogen-bond donors (Lipinski definition) is 1. The molecule has 2 aromatic carbocycles. The van der Waals surface area contributed by atoms with Crippen molar-refractivity contribution in [1.82, 2.24) is 0 Å². The number of thioether (sulfide) groups is 1. The van der Waals surface area contributed by atoms with Crippen LogP contribution < -0.4 is 0 Å². The van der Waals surface area contributed by atoms with Crippen LogP contribution in [0.3, 0.4) is 0 Å². The van der Waals surface area contributed by atoms with E-state index in [1.54, 1.807) is 0 Å². The predicted octanol–water partition coefficient (Wildman–Crippen LogP) is 4.90. The molecule has 27 heavy (non-hydrogen) atoms. The lowest BCUT2D eigenvalue weighted by Crippen LogP contribution is -2.41. The predicted molar refractivity (Wildman–Crippen MR) is 108 cm³/mol. The number of carbonyl (C=O) groups is 1. The molecule has 2 saturated heterocycles. The summed E-state index contributed by atoms with van der Waals surface area (Å²) in [5.74, 6) is -0.0343. The molecule has 1 N–H and O–H groups in total. The second-order valence-corrected chi connectivity index (χ2v) is 9.41. The Morgan fingerprint density at radius 1 is 1.30 bits per heavy atom. The maximum absolute atomic E-state index is 12.2. The number of quaternary nitrogens is 1. The van der Waals surface area contributed by atoms with Gasteiger partial charge in [-0.1, -0.05) is 35.9 Å². The lowest BCUT2D eigenvalue weighted by atomic mass is 9.80. The molecule has 0 bridgehead atoms. The number of halogens is 1. The van der Waals surface area contributed by atoms with Crippen molar-refractivity contribution in [3.8, 4) is 0 Å². The van der Waals surface area contributed by atoms with Gasteiger partial charge in [0.2, 0.25) is 5.54 Å². The maximum atomic E-state index is 12.2. The first-order chi connectivity index (χ1) is 13.1. The fraction of sp³-hybridized carbons (Fsp3) is 0.409. The van der Waals surface area contributed by atoms with E-state index in [4.69, 9.17) is 11.6 Å². The fourth-order valence-corrected chi connectivity index (χ4v) is 7.43. The zero-order valence-electron chi connectivity index (χ0n) is 15.3. The first-order valence-electron chi connectivity index (χ1n) is 9.67. The minimum Gasteiger partial charge on any atom is -0.481 e. The second-order valence-electron chi connectivity index (χ2n) is 7.96. The number of fused-ring (bicyclic) bond motifs is 7. The van der Waals surface area contributed by atoms with Crippen LogP contribution in [0.15, 0.2) is 47.4 Å². The molecule has 0 amide bonds. The summed E-state index contributed by atoms with van der Waals surface area (Å²) >= 11 is 8.32. The topological polar surface area (TPSA) is 37.3 Å². The molecule has 4 atom stereocenters. The van der Waals surface area contributed by atoms with Crippen molar-refractivity contribution in [3.05, 3.63) is 64.2 Å². The first-order valence-corrected chi connectivity index (χ1v) is 11.0. The number of carboxylic acids is 1. The van der Waals surface area contributed by atoms with Crippen molar-refractivity contribution in [2.45, 2.75) is 42.0 Å². The van der Waals surface area contributed by atoms with Crippen LogP contribution in [-0.2, 0) is 16.1 Å². The molecular weight excluding hydrogens is 378 g/mol. The second kappa shape index (κ2) is 6.00. The summed E-state index contributed by atoms with van der Waals surface area (Å²) in [6.45, 7) is 4.20. The van der Waals surface area contributed by atoms with E-state index in [1.165, 1.54) is 21.6 Å². The Morgan fingerprint density at radius 3 is 2.89 bits per heavy atom. The summed E-state index contributed by atoms with van der Waals surface area (Å²) in [5, 5.41) is 10.8. The van der Waals surface area contributed by atoms with E-state index in [0.29, 0.717) is 0 Å². The van der Waals surface area contributed by atoms with Gasteiger partial charge in [-0.3, -0.25) is 9.28 Å². The highest BCUT2D eigenvalue weighted by Crippen LogP contribution is 2.69. The molecule has 140 valence electrons. The molecule has 5 heteroatoms. The number of benzene rings is 2. The van der Waals surface area contributed by atoms with Crippen LogP contribution in [0, 0.1) is 5.92 Å². The van der Waals surface area contributed by atoms with Crippen molar-refractivity contribution >= 4 is 29.3 Å². The van der Waals surface area contributed by atoms with Gasteiger partial charge in [0, 0.05) is 26.8 Å². The molecule has 3 nitrogen and oxygen atoms in total. The van der Waals surface area contributed by atoms with Crippen molar-refractivity contribution < 1.29 is 14.4 Å². The highest BCUT2D eigenvalue weighted by atomic mass is 35.5. The summed E-state index contributed by atoms with van der Waals surface area (Å²) < 4.78 is 0.856. The Hall–Kier alpha value is -1.49. The van der Waals surface area contributed by atoms with Gasteiger partial charge in [0.25, 0.3) is 0 Å². The van der Waals surface area contributed by atoms with Crippen LogP contribution in [0.2, 0.25) is 5.02 Å². The van der Waals surface area contributed by atoms with Gasteiger partial charge < -0.3 is 5.11 Å². The zero-order valence-corrected chi connectivity index (χ0v) is 16.9. The van der Waals surface area contributed by atoms with E-state index >= 15 is 0 Å². The van der Waals surface area contributed by atoms with Crippen LogP contribution in [0.4, 0.5) is 0 Å². The Kier molecular flexibility index (Phi) is 3.91. The molecule has 0 aliphatic carbocycles. The number of hydrogen-bond acceptors (Lipinski definition) is 2. The van der Waals surface area contributed by atoms with Crippen molar-refractivity contribution in [2.24, 2.45) is 5.92 Å². The van der Waals surface area contributed by atoms with Crippen LogP contribution in [0.5, 0.6) is 0 Å². The number of likely N-dealkylation sites (N-methyl/N-ethyl adjacent to an activating group) is 1. The van der Waals surface area contributed by atoms with Crippen LogP contribution in [-0.4, -0.2) is 34.7 Å². The van der Waals surface area contributed by atoms with Gasteiger partial charge >= 0.3 is 5.97 Å². The van der Waals surface area contributed by atoms with E-state index in [0.717, 1.165) is 41.2 Å². The fourth-order valence-electron chi connectivity index (χ4n) is 6.16. The Balaban J connectivity index is 1.85. The maximum Gasteiger partial charge on any atom is 0.312 e. The standard InChI is InChI=1S/C22H22ClNO2S/c1-2-24-11-5-7-16(21(25)26)20(24)22(24)17-8-4-3-6-14(17)13-27-19-10-9-15(23)12-18(19)22/h3-4,6,8-10,12,16,20H,2,5,7,11,13H2,1H3/p+1/t16?,20?,22-,24?/m1/s1. The molecule has 3 unspecified atom stereocenters. The number of nitrogens with zero attached hydrogens (tertiary/aromatic N) is 1. The summed E-state index contributed by atoms with van der Waals surface area (Å²) in [7, 11) is 0. The van der Waals surface area contributed by atoms with E-state index in [9.17, 15) is 9.90 Å². The van der Waals surface area contributed by atoms with Gasteiger partial charge in [0.1, 0.15) is 5.92 Å². The largest absolute Gasteiger partial charge is 0.481 e. The van der Waals surface area contributed by atoms with Crippen LogP contribution >= 0.6 is 23.4 Å². The summed E-state index contributed by atoms with van der Waals surface area (Å²) in [5.41, 5.74) is 3.61. The SMILES string of the molecule is CC[N+]12CCCC(C(=O)O)C1[C@]21c2ccccc2CSc2ccc(Cl)cc21. The average Bonchev–Trinajstić information content (AvgIpc) is 3.34. The number of piperidine rings is 1. The number of rotatable bonds is 2. The van der Waals surface area contributed by atoms with Crippen molar-refractivity contribution in [1.29, 1.82) is 0 Å². The van der Waals surface area contributed by atoms with Gasteiger partial charge in [-0.05, 0) is 43.5 Å². The van der Waals surface area contributed by atoms with E-state index < -0.39 is 5.97 Å². The third-order valence-electron chi connectivity index (χ3n) is 7.09. The normalized spacial score (nSPS) is 33.6. The van der Waals surface area contributed by atoms with Crippen molar-refractivity contribution in [2.75, 3.05) is 13.1 Å². The average molecular weight is 401 g/mol. The van der Waals surface area contributed by atoms with Gasteiger partial charge in [0.15, 0.2) is 6.04 Å². The van der Waals surface area contributed by atoms with Crippen molar-refractivity contribution in [3.63, 3.8) is 0 Å². The third kappa shape index (κ3) is 2.12. The molecule has 3 heterocycles. The molecule has 2 fully saturated rings. The molecule has 1 spiro atoms. The highest BCUT2D eigenvalue weighted by molar-refractivity contribution is 7.98. The third-order valence-corrected chi connectivity index (χ3v) is 8.45. The molecule has 0 saturated carbocycles. The van der Waals surface area contributed by atoms with Gasteiger partial charge in [-0.2, -0.15) is 0 Å². The molecule has 0 radical (unpaired) electrons. The minimum absolute atomic E-state index is 0.0887. The molecule has 3 aliphatic rings. The molecule has 3 aliphatic heterocycles. The molecule has 0 aromatic heterocycles. The smallest absolute Gasteiger partial charge is 0.312 e. The van der Waals surface area contributed by atoms with Crippen LogP contribution in [0.1, 0.15) is 36.5 Å². The summed E-state index contributed by atoms with van der Waals surface area (Å²) in [6, 6.07) is 14.9. The molecule has 5 rings (SSSR count). The Labute approximate surface area is 168 Å². The monoisotopic (exact) mass is 400 g/mol. The van der Waals surface area contributed by atoms with Gasteiger partial charge in [-0.15, -0.1) is 11.8 Å². The van der Waals surface area contributed by atoms with E-state index in [-0.39, 0.29) is 17.5 Å².